The van der Waals surface area contributed by atoms with Crippen molar-refractivity contribution in [3.8, 4) is 0 Å². The minimum Gasteiger partial charge on any atom is -0.345 e. The summed E-state index contributed by atoms with van der Waals surface area (Å²) in [5.74, 6) is -0.241. The van der Waals surface area contributed by atoms with Crippen LogP contribution in [0.25, 0.3) is 11.0 Å². The molecule has 0 aliphatic carbocycles. The molecule has 0 saturated carbocycles. The Hall–Kier alpha value is -2.66. The van der Waals surface area contributed by atoms with Crippen molar-refractivity contribution in [2.75, 3.05) is 5.32 Å². The van der Waals surface area contributed by atoms with Gasteiger partial charge in [0.1, 0.15) is 6.04 Å². The molecule has 3 aromatic rings. The van der Waals surface area contributed by atoms with Crippen LogP contribution in [0.15, 0.2) is 54.9 Å². The summed E-state index contributed by atoms with van der Waals surface area (Å²) < 4.78 is 0. The first-order chi connectivity index (χ1) is 9.74. The zero-order valence-electron chi connectivity index (χ0n) is 10.7. The van der Waals surface area contributed by atoms with E-state index in [0.717, 1.165) is 16.6 Å². The van der Waals surface area contributed by atoms with Crippen LogP contribution in [0.5, 0.6) is 0 Å². The number of anilines is 1. The van der Waals surface area contributed by atoms with Crippen LogP contribution in [0.3, 0.4) is 0 Å². The molecule has 1 aromatic heterocycles. The van der Waals surface area contributed by atoms with E-state index < -0.39 is 6.04 Å². The van der Waals surface area contributed by atoms with E-state index in [4.69, 9.17) is 5.73 Å². The number of carbonyl (C=O) groups excluding carboxylic acids is 1. The normalized spacial score (nSPS) is 12.2. The molecule has 100 valence electrons. The number of hydrogen-bond acceptors (Lipinski definition) is 3. The van der Waals surface area contributed by atoms with Crippen LogP contribution in [0, 0.1) is 0 Å². The first kappa shape index (κ1) is 12.4. The highest BCUT2D eigenvalue weighted by Crippen LogP contribution is 2.17. The average Bonchev–Trinajstić information content (AvgIpc) is 2.95. The molecule has 4 N–H and O–H groups in total. The topological polar surface area (TPSA) is 83.8 Å². The summed E-state index contributed by atoms with van der Waals surface area (Å²) in [5, 5.41) is 2.81. The number of aromatic nitrogens is 2. The molecule has 1 amide bonds. The Bertz CT molecular complexity index is 736. The second kappa shape index (κ2) is 5.14. The third kappa shape index (κ3) is 2.39. The highest BCUT2D eigenvalue weighted by Gasteiger charge is 2.15. The minimum absolute atomic E-state index is 0.241. The summed E-state index contributed by atoms with van der Waals surface area (Å²) in [6.45, 7) is 0. The molecule has 1 heterocycles. The molecule has 2 aromatic carbocycles. The van der Waals surface area contributed by atoms with Crippen molar-refractivity contribution in [2.24, 2.45) is 5.73 Å². The number of nitrogens with zero attached hydrogens (tertiary/aromatic N) is 1. The molecule has 0 fully saturated rings. The van der Waals surface area contributed by atoms with E-state index in [-0.39, 0.29) is 5.91 Å². The molecule has 0 radical (unpaired) electrons. The second-order valence-corrected chi connectivity index (χ2v) is 4.51. The number of fused-ring (bicyclic) bond motifs is 1. The lowest BCUT2D eigenvalue weighted by molar-refractivity contribution is -0.117. The molecule has 0 spiro atoms. The average molecular weight is 266 g/mol. The van der Waals surface area contributed by atoms with Crippen molar-refractivity contribution in [2.45, 2.75) is 6.04 Å². The monoisotopic (exact) mass is 266 g/mol. The first-order valence-corrected chi connectivity index (χ1v) is 6.28. The van der Waals surface area contributed by atoms with Crippen LogP contribution in [-0.4, -0.2) is 15.9 Å². The van der Waals surface area contributed by atoms with Crippen LogP contribution in [0.4, 0.5) is 5.69 Å². The number of aromatic amines is 1. The quantitative estimate of drug-likeness (QED) is 0.679. The molecule has 5 nitrogen and oxygen atoms in total. The van der Waals surface area contributed by atoms with Gasteiger partial charge in [0.2, 0.25) is 5.91 Å². The van der Waals surface area contributed by atoms with Crippen LogP contribution in [0.1, 0.15) is 11.6 Å². The van der Waals surface area contributed by atoms with Crippen LogP contribution in [-0.2, 0) is 4.79 Å². The predicted octanol–water partition coefficient (Wildman–Crippen LogP) is 2.20. The Balaban J connectivity index is 1.78. The molecule has 5 heteroatoms. The van der Waals surface area contributed by atoms with Crippen LogP contribution >= 0.6 is 0 Å². The molecule has 3 rings (SSSR count). The summed E-state index contributed by atoms with van der Waals surface area (Å²) in [6.07, 6.45) is 1.62. The standard InChI is InChI=1S/C15H14N4O/c16-14(10-4-2-1-3-5-10)15(20)19-11-6-7-12-13(8-11)18-9-17-12/h1-9,14H,16H2,(H,17,18)(H,19,20). The second-order valence-electron chi connectivity index (χ2n) is 4.51. The molecule has 0 bridgehead atoms. The third-order valence-electron chi connectivity index (χ3n) is 3.13. The lowest BCUT2D eigenvalue weighted by Crippen LogP contribution is -2.27. The zero-order chi connectivity index (χ0) is 13.9. The largest absolute Gasteiger partial charge is 0.345 e. The lowest BCUT2D eigenvalue weighted by atomic mass is 10.1. The fourth-order valence-corrected chi connectivity index (χ4v) is 2.05. The van der Waals surface area contributed by atoms with Crippen LogP contribution in [0.2, 0.25) is 0 Å². The Kier molecular flexibility index (Phi) is 3.18. The molecule has 1 atom stereocenters. The smallest absolute Gasteiger partial charge is 0.245 e. The van der Waals surface area contributed by atoms with Gasteiger partial charge in [-0.3, -0.25) is 4.79 Å². The van der Waals surface area contributed by atoms with Gasteiger partial charge < -0.3 is 16.0 Å². The van der Waals surface area contributed by atoms with E-state index in [1.54, 1.807) is 12.4 Å². The van der Waals surface area contributed by atoms with Gasteiger partial charge in [-0.1, -0.05) is 30.3 Å². The van der Waals surface area contributed by atoms with E-state index in [2.05, 4.69) is 15.3 Å². The summed E-state index contributed by atoms with van der Waals surface area (Å²) in [7, 11) is 0. The molecule has 0 aliphatic rings. The predicted molar refractivity (Wildman–Crippen MR) is 78.1 cm³/mol. The summed E-state index contributed by atoms with van der Waals surface area (Å²) in [4.78, 5) is 19.3. The highest BCUT2D eigenvalue weighted by atomic mass is 16.2. The third-order valence-corrected chi connectivity index (χ3v) is 3.13. The van der Waals surface area contributed by atoms with E-state index >= 15 is 0 Å². The number of carbonyl (C=O) groups is 1. The fourth-order valence-electron chi connectivity index (χ4n) is 2.05. The maximum absolute atomic E-state index is 12.1. The summed E-state index contributed by atoms with van der Waals surface area (Å²) in [5.41, 5.74) is 9.15. The fraction of sp³-hybridized carbons (Fsp3) is 0.0667. The number of nitrogens with two attached hydrogens (primary N) is 1. The molecular formula is C15H14N4O. The molecule has 0 aliphatic heterocycles. The van der Waals surface area contributed by atoms with Crippen molar-refractivity contribution in [3.63, 3.8) is 0 Å². The van der Waals surface area contributed by atoms with Gasteiger partial charge in [-0.2, -0.15) is 0 Å². The lowest BCUT2D eigenvalue weighted by Gasteiger charge is -2.12. The van der Waals surface area contributed by atoms with Gasteiger partial charge in [-0.05, 0) is 23.8 Å². The van der Waals surface area contributed by atoms with Gasteiger partial charge in [0, 0.05) is 5.69 Å². The Morgan fingerprint density at radius 2 is 2.00 bits per heavy atom. The number of hydrogen-bond donors (Lipinski definition) is 3. The first-order valence-electron chi connectivity index (χ1n) is 6.28. The van der Waals surface area contributed by atoms with Crippen molar-refractivity contribution < 1.29 is 4.79 Å². The van der Waals surface area contributed by atoms with E-state index in [1.807, 2.05) is 42.5 Å². The molecule has 1 unspecified atom stereocenters. The number of amides is 1. The van der Waals surface area contributed by atoms with Crippen molar-refractivity contribution in [3.05, 3.63) is 60.4 Å². The Morgan fingerprint density at radius 1 is 1.20 bits per heavy atom. The Labute approximate surface area is 115 Å². The maximum Gasteiger partial charge on any atom is 0.245 e. The summed E-state index contributed by atoms with van der Waals surface area (Å²) >= 11 is 0. The zero-order valence-corrected chi connectivity index (χ0v) is 10.7. The highest BCUT2D eigenvalue weighted by molar-refractivity contribution is 5.96. The molecule has 0 saturated heterocycles. The molecule has 20 heavy (non-hydrogen) atoms. The van der Waals surface area contributed by atoms with Crippen molar-refractivity contribution >= 4 is 22.6 Å². The van der Waals surface area contributed by atoms with Gasteiger partial charge >= 0.3 is 0 Å². The van der Waals surface area contributed by atoms with E-state index in [0.29, 0.717) is 5.69 Å². The minimum atomic E-state index is -0.686. The number of nitrogens with one attached hydrogen (secondary N) is 2. The SMILES string of the molecule is NC(C(=O)Nc1ccc2nc[nH]c2c1)c1ccccc1. The number of benzene rings is 2. The maximum atomic E-state index is 12.1. The van der Waals surface area contributed by atoms with Crippen molar-refractivity contribution in [1.82, 2.24) is 9.97 Å². The van der Waals surface area contributed by atoms with E-state index in [9.17, 15) is 4.79 Å². The van der Waals surface area contributed by atoms with Gasteiger partial charge in [0.25, 0.3) is 0 Å². The number of imidazole rings is 1. The summed E-state index contributed by atoms with van der Waals surface area (Å²) in [6, 6.07) is 14.1. The van der Waals surface area contributed by atoms with Gasteiger partial charge in [-0.25, -0.2) is 4.98 Å². The van der Waals surface area contributed by atoms with Gasteiger partial charge in [0.15, 0.2) is 0 Å². The van der Waals surface area contributed by atoms with Gasteiger partial charge in [0.05, 0.1) is 17.4 Å². The van der Waals surface area contributed by atoms with E-state index in [1.165, 1.54) is 0 Å². The number of H-pyrrole nitrogens is 1. The Morgan fingerprint density at radius 3 is 2.80 bits per heavy atom. The number of rotatable bonds is 3. The molecular weight excluding hydrogens is 252 g/mol. The van der Waals surface area contributed by atoms with Crippen molar-refractivity contribution in [1.29, 1.82) is 0 Å². The van der Waals surface area contributed by atoms with Gasteiger partial charge in [-0.15, -0.1) is 0 Å². The van der Waals surface area contributed by atoms with Crippen LogP contribution < -0.4 is 11.1 Å².